The zero-order valence-electron chi connectivity index (χ0n) is 18.4. The van der Waals surface area contributed by atoms with Gasteiger partial charge in [-0.3, -0.25) is 4.98 Å². The molecule has 6 nitrogen and oxygen atoms in total. The van der Waals surface area contributed by atoms with Crippen LogP contribution in [0.3, 0.4) is 0 Å². The van der Waals surface area contributed by atoms with E-state index in [1.165, 1.54) is 10.6 Å². The number of pyridine rings is 1. The maximum atomic E-state index is 10.6. The van der Waals surface area contributed by atoms with Crippen molar-refractivity contribution in [1.82, 2.24) is 14.6 Å². The van der Waals surface area contributed by atoms with Gasteiger partial charge in [-0.2, -0.15) is 0 Å². The minimum Gasteiger partial charge on any atom is -0.401 e. The summed E-state index contributed by atoms with van der Waals surface area (Å²) in [5.41, 5.74) is 12.4. The summed E-state index contributed by atoms with van der Waals surface area (Å²) in [5.74, 6) is 6.05. The van der Waals surface area contributed by atoms with Crippen LogP contribution in [-0.2, 0) is 12.1 Å². The van der Waals surface area contributed by atoms with E-state index in [1.807, 2.05) is 43.5 Å². The van der Waals surface area contributed by atoms with Crippen molar-refractivity contribution >= 4 is 27.6 Å². The summed E-state index contributed by atoms with van der Waals surface area (Å²) < 4.78 is 2.24. The van der Waals surface area contributed by atoms with Crippen LogP contribution in [0.4, 0.5) is 0 Å². The van der Waals surface area contributed by atoms with Gasteiger partial charge in [0.1, 0.15) is 0 Å². The number of rotatable bonds is 5. The first kappa shape index (κ1) is 20.9. The van der Waals surface area contributed by atoms with Gasteiger partial charge in [-0.25, -0.2) is 5.84 Å². The third kappa shape index (κ3) is 3.87. The first-order chi connectivity index (χ1) is 14.7. The summed E-state index contributed by atoms with van der Waals surface area (Å²) in [4.78, 5) is 4.79. The number of fused-ring (bicyclic) bond motifs is 3. The molecule has 0 atom stereocenters. The van der Waals surface area contributed by atoms with Crippen LogP contribution in [0.1, 0.15) is 37.5 Å². The van der Waals surface area contributed by atoms with Gasteiger partial charge >= 0.3 is 0 Å². The van der Waals surface area contributed by atoms with Crippen LogP contribution in [-0.4, -0.2) is 26.7 Å². The van der Waals surface area contributed by atoms with Gasteiger partial charge in [0.25, 0.3) is 0 Å². The van der Waals surface area contributed by atoms with Crippen LogP contribution in [0.2, 0.25) is 0 Å². The maximum absolute atomic E-state index is 10.6. The Bertz CT molecular complexity index is 1280. The van der Waals surface area contributed by atoms with E-state index in [0.717, 1.165) is 38.8 Å². The highest BCUT2D eigenvalue weighted by atomic mass is 16.3. The fourth-order valence-electron chi connectivity index (χ4n) is 4.11. The first-order valence-electron chi connectivity index (χ1n) is 10.3. The summed E-state index contributed by atoms with van der Waals surface area (Å²) in [6, 6.07) is 18.5. The molecule has 0 fully saturated rings. The second kappa shape index (κ2) is 7.72. The van der Waals surface area contributed by atoms with E-state index in [2.05, 4.69) is 28.8 Å². The second-order valence-corrected chi connectivity index (χ2v) is 8.60. The number of benzene rings is 2. The summed E-state index contributed by atoms with van der Waals surface area (Å²) >= 11 is 0. The molecule has 4 rings (SSSR count). The van der Waals surface area contributed by atoms with Crippen LogP contribution in [0, 0.1) is 0 Å². The topological polar surface area (TPSA) is 93.3 Å². The first-order valence-corrected chi connectivity index (χ1v) is 10.3. The van der Waals surface area contributed by atoms with E-state index in [-0.39, 0.29) is 0 Å². The molecule has 2 aromatic heterocycles. The van der Waals surface area contributed by atoms with Gasteiger partial charge in [-0.05, 0) is 44.0 Å². The standard InChI is InChI=1S/C25H29N5O/c1-16(26)24(29(4)27)18-12-22-23(28-14-18)20-11-10-19(25(2,3)31)13-21(20)30(22)15-17-8-6-5-7-9-17/h5-14,31H,15,26-27H2,1-4H3/b24-16-. The molecule has 0 aliphatic carbocycles. The number of nitrogens with two attached hydrogens (primary N) is 2. The zero-order chi connectivity index (χ0) is 22.3. The van der Waals surface area contributed by atoms with Crippen LogP contribution < -0.4 is 11.6 Å². The van der Waals surface area contributed by atoms with Crippen LogP contribution >= 0.6 is 0 Å². The number of aromatic nitrogens is 2. The third-order valence-electron chi connectivity index (χ3n) is 5.59. The summed E-state index contributed by atoms with van der Waals surface area (Å²) in [6.45, 7) is 6.11. The van der Waals surface area contributed by atoms with Crippen LogP contribution in [0.15, 0.2) is 66.5 Å². The Kier molecular flexibility index (Phi) is 5.21. The lowest BCUT2D eigenvalue weighted by atomic mass is 9.97. The van der Waals surface area contributed by atoms with E-state index < -0.39 is 5.60 Å². The predicted octanol–water partition coefficient (Wildman–Crippen LogP) is 3.92. The van der Waals surface area contributed by atoms with Gasteiger partial charge < -0.3 is 20.4 Å². The molecule has 0 saturated carbocycles. The van der Waals surface area contributed by atoms with E-state index >= 15 is 0 Å². The molecular weight excluding hydrogens is 386 g/mol. The molecule has 0 aliphatic heterocycles. The van der Waals surface area contributed by atoms with Crippen LogP contribution in [0.25, 0.3) is 27.6 Å². The van der Waals surface area contributed by atoms with Crippen molar-refractivity contribution < 1.29 is 5.11 Å². The Hall–Kier alpha value is -3.35. The third-order valence-corrected chi connectivity index (χ3v) is 5.59. The molecule has 0 saturated heterocycles. The molecule has 2 heterocycles. The number of allylic oxidation sites excluding steroid dienone is 1. The minimum absolute atomic E-state index is 0.626. The molecule has 160 valence electrons. The second-order valence-electron chi connectivity index (χ2n) is 8.60. The summed E-state index contributed by atoms with van der Waals surface area (Å²) in [6.07, 6.45) is 1.81. The highest BCUT2D eigenvalue weighted by molar-refractivity contribution is 6.06. The highest BCUT2D eigenvalue weighted by Gasteiger charge is 2.20. The average molecular weight is 416 g/mol. The fraction of sp³-hybridized carbons (Fsp3) is 0.240. The van der Waals surface area contributed by atoms with Gasteiger partial charge in [-0.1, -0.05) is 42.5 Å². The van der Waals surface area contributed by atoms with E-state index in [1.54, 1.807) is 20.9 Å². The van der Waals surface area contributed by atoms with Crippen molar-refractivity contribution in [2.75, 3.05) is 7.05 Å². The number of hydrogen-bond acceptors (Lipinski definition) is 5. The molecular formula is C25H29N5O. The molecule has 0 aliphatic rings. The Labute approximate surface area is 182 Å². The molecule has 0 bridgehead atoms. The van der Waals surface area contributed by atoms with Gasteiger partial charge in [0.2, 0.25) is 0 Å². The van der Waals surface area contributed by atoms with Crippen molar-refractivity contribution in [3.63, 3.8) is 0 Å². The molecule has 5 N–H and O–H groups in total. The number of hydrogen-bond donors (Lipinski definition) is 3. The number of nitrogens with zero attached hydrogens (tertiary/aromatic N) is 3. The van der Waals surface area contributed by atoms with E-state index in [4.69, 9.17) is 16.6 Å². The minimum atomic E-state index is -0.935. The molecule has 6 heteroatoms. The average Bonchev–Trinajstić information content (AvgIpc) is 3.00. The Morgan fingerprint density at radius 3 is 2.42 bits per heavy atom. The van der Waals surface area contributed by atoms with Crippen molar-refractivity contribution in [3.8, 4) is 0 Å². The fourth-order valence-corrected chi connectivity index (χ4v) is 4.11. The van der Waals surface area contributed by atoms with Crippen molar-refractivity contribution in [3.05, 3.63) is 83.2 Å². The van der Waals surface area contributed by atoms with Gasteiger partial charge in [0, 0.05) is 36.4 Å². The normalized spacial score (nSPS) is 13.0. The highest BCUT2D eigenvalue weighted by Crippen LogP contribution is 2.33. The van der Waals surface area contributed by atoms with Gasteiger partial charge in [0.05, 0.1) is 27.8 Å². The molecule has 4 aromatic rings. The largest absolute Gasteiger partial charge is 0.401 e. The van der Waals surface area contributed by atoms with Gasteiger partial charge in [-0.15, -0.1) is 0 Å². The zero-order valence-corrected chi connectivity index (χ0v) is 18.4. The number of hydrazine groups is 1. The van der Waals surface area contributed by atoms with E-state index in [9.17, 15) is 5.11 Å². The Morgan fingerprint density at radius 1 is 1.10 bits per heavy atom. The quantitative estimate of drug-likeness (QED) is 0.339. The lowest BCUT2D eigenvalue weighted by Gasteiger charge is -2.19. The summed E-state index contributed by atoms with van der Waals surface area (Å²) in [5, 5.41) is 13.1. The molecule has 0 spiro atoms. The Balaban J connectivity index is 2.03. The van der Waals surface area contributed by atoms with Crippen molar-refractivity contribution in [2.45, 2.75) is 32.9 Å². The molecule has 0 amide bonds. The Morgan fingerprint density at radius 2 is 1.81 bits per heavy atom. The van der Waals surface area contributed by atoms with Crippen molar-refractivity contribution in [1.29, 1.82) is 0 Å². The smallest absolute Gasteiger partial charge is 0.0960 e. The SMILES string of the molecule is C/C(N)=C(\c1cnc2c3ccc(C(C)(C)O)cc3n(Cc3ccccc3)c2c1)N(C)N. The molecule has 2 aromatic carbocycles. The maximum Gasteiger partial charge on any atom is 0.0960 e. The molecule has 31 heavy (non-hydrogen) atoms. The summed E-state index contributed by atoms with van der Waals surface area (Å²) in [7, 11) is 1.77. The lowest BCUT2D eigenvalue weighted by molar-refractivity contribution is 0.0787. The van der Waals surface area contributed by atoms with Crippen LogP contribution in [0.5, 0.6) is 0 Å². The lowest BCUT2D eigenvalue weighted by Crippen LogP contribution is -2.26. The monoisotopic (exact) mass is 415 g/mol. The molecule has 0 unspecified atom stereocenters. The van der Waals surface area contributed by atoms with Crippen molar-refractivity contribution in [2.24, 2.45) is 11.6 Å². The van der Waals surface area contributed by atoms with E-state index in [0.29, 0.717) is 12.2 Å². The molecule has 0 radical (unpaired) electrons. The number of aliphatic hydroxyl groups is 1. The van der Waals surface area contributed by atoms with Gasteiger partial charge in [0.15, 0.2) is 0 Å². The predicted molar refractivity (Wildman–Crippen MR) is 127 cm³/mol.